The first-order valence-corrected chi connectivity index (χ1v) is 12.4. The lowest BCUT2D eigenvalue weighted by Crippen LogP contribution is -2.23. The Balaban J connectivity index is 1.62. The van der Waals surface area contributed by atoms with E-state index in [1.165, 1.54) is 16.7 Å². The van der Waals surface area contributed by atoms with E-state index >= 15 is 4.39 Å². The SMILES string of the molecule is CCOP(=O)(OCC)c1ccc(Cn2c(=O)n(C)c3cnc4c5c(ccc4c32)OCO5)cc1F. The monoisotopic (exact) mass is 487 g/mol. The fraction of sp³-hybridized carbons (Fsp3) is 0.304. The number of fused-ring (bicyclic) bond motifs is 5. The minimum atomic E-state index is -3.78. The van der Waals surface area contributed by atoms with Crippen LogP contribution in [-0.2, 0) is 27.2 Å². The minimum absolute atomic E-state index is 0.0918. The number of halogens is 1. The summed E-state index contributed by atoms with van der Waals surface area (Å²) in [6.07, 6.45) is 1.61. The molecule has 2 aromatic carbocycles. The number of nitrogens with zero attached hydrogens (tertiary/aromatic N) is 3. The number of aryl methyl sites for hydroxylation is 1. The van der Waals surface area contributed by atoms with Gasteiger partial charge in [-0.05, 0) is 43.7 Å². The van der Waals surface area contributed by atoms with Crippen molar-refractivity contribution in [2.24, 2.45) is 7.05 Å². The van der Waals surface area contributed by atoms with Crippen molar-refractivity contribution in [2.45, 2.75) is 20.4 Å². The van der Waals surface area contributed by atoms with Crippen LogP contribution in [0.1, 0.15) is 19.4 Å². The molecule has 3 heterocycles. The molecule has 4 aromatic rings. The summed E-state index contributed by atoms with van der Waals surface area (Å²) in [5.74, 6) is 0.404. The molecular formula is C23H23FN3O6P. The maximum absolute atomic E-state index is 15.1. The molecular weight excluding hydrogens is 464 g/mol. The number of pyridine rings is 1. The summed E-state index contributed by atoms with van der Waals surface area (Å²) in [6.45, 7) is 3.75. The van der Waals surface area contributed by atoms with Gasteiger partial charge in [-0.1, -0.05) is 6.07 Å². The van der Waals surface area contributed by atoms with Crippen LogP contribution in [0.4, 0.5) is 4.39 Å². The van der Waals surface area contributed by atoms with E-state index in [-0.39, 0.29) is 37.5 Å². The molecule has 2 aromatic heterocycles. The minimum Gasteiger partial charge on any atom is -0.454 e. The average Bonchev–Trinajstić information content (AvgIpc) is 3.38. The Bertz CT molecular complexity index is 1520. The summed E-state index contributed by atoms with van der Waals surface area (Å²) < 4.78 is 52.7. The van der Waals surface area contributed by atoms with Crippen molar-refractivity contribution in [1.82, 2.24) is 14.1 Å². The highest BCUT2D eigenvalue weighted by molar-refractivity contribution is 7.62. The average molecular weight is 487 g/mol. The van der Waals surface area contributed by atoms with Gasteiger partial charge in [0.05, 0.1) is 42.3 Å². The summed E-state index contributed by atoms with van der Waals surface area (Å²) in [6, 6.07) is 7.87. The van der Waals surface area contributed by atoms with Gasteiger partial charge in [-0.2, -0.15) is 0 Å². The van der Waals surface area contributed by atoms with Crippen LogP contribution in [0.3, 0.4) is 0 Å². The molecule has 5 rings (SSSR count). The van der Waals surface area contributed by atoms with Crippen LogP contribution in [-0.4, -0.2) is 34.1 Å². The van der Waals surface area contributed by atoms with E-state index in [1.807, 2.05) is 6.07 Å². The number of hydrogen-bond acceptors (Lipinski definition) is 7. The highest BCUT2D eigenvalue weighted by Gasteiger charge is 2.30. The fourth-order valence-corrected chi connectivity index (χ4v) is 5.84. The second kappa shape index (κ2) is 8.54. The molecule has 0 fully saturated rings. The highest BCUT2D eigenvalue weighted by Crippen LogP contribution is 2.47. The first kappa shape index (κ1) is 22.6. The van der Waals surface area contributed by atoms with Gasteiger partial charge in [0, 0.05) is 12.4 Å². The van der Waals surface area contributed by atoms with E-state index < -0.39 is 13.4 Å². The molecule has 1 aliphatic rings. The van der Waals surface area contributed by atoms with Gasteiger partial charge in [-0.15, -0.1) is 0 Å². The first-order valence-electron chi connectivity index (χ1n) is 10.8. The molecule has 0 spiro atoms. The molecule has 9 nitrogen and oxygen atoms in total. The van der Waals surface area contributed by atoms with Gasteiger partial charge in [0.15, 0.2) is 11.5 Å². The van der Waals surface area contributed by atoms with Gasteiger partial charge in [0.1, 0.15) is 11.3 Å². The Hall–Kier alpha value is -3.20. The quantitative estimate of drug-likeness (QED) is 0.367. The summed E-state index contributed by atoms with van der Waals surface area (Å²) in [4.78, 5) is 17.6. The Morgan fingerprint density at radius 2 is 1.91 bits per heavy atom. The predicted molar refractivity (Wildman–Crippen MR) is 125 cm³/mol. The molecule has 0 unspecified atom stereocenters. The zero-order valence-electron chi connectivity index (χ0n) is 18.9. The maximum atomic E-state index is 15.1. The summed E-state index contributed by atoms with van der Waals surface area (Å²) in [7, 11) is -2.12. The van der Waals surface area contributed by atoms with Crippen molar-refractivity contribution in [3.05, 3.63) is 58.4 Å². The van der Waals surface area contributed by atoms with Crippen molar-refractivity contribution < 1.29 is 27.5 Å². The molecule has 178 valence electrons. The van der Waals surface area contributed by atoms with Gasteiger partial charge in [0.25, 0.3) is 0 Å². The normalized spacial score (nSPS) is 13.3. The number of hydrogen-bond donors (Lipinski definition) is 0. The first-order chi connectivity index (χ1) is 16.4. The second-order valence-corrected chi connectivity index (χ2v) is 9.73. The molecule has 0 saturated carbocycles. The lowest BCUT2D eigenvalue weighted by molar-refractivity contribution is 0.174. The molecule has 0 saturated heterocycles. The van der Waals surface area contributed by atoms with Crippen molar-refractivity contribution in [1.29, 1.82) is 0 Å². The lowest BCUT2D eigenvalue weighted by atomic mass is 10.1. The van der Waals surface area contributed by atoms with Crippen molar-refractivity contribution in [3.8, 4) is 11.5 Å². The maximum Gasteiger partial charge on any atom is 0.364 e. The number of aromatic nitrogens is 3. The summed E-state index contributed by atoms with van der Waals surface area (Å²) >= 11 is 0. The number of ether oxygens (including phenoxy) is 2. The van der Waals surface area contributed by atoms with Crippen molar-refractivity contribution >= 4 is 34.8 Å². The van der Waals surface area contributed by atoms with Gasteiger partial charge < -0.3 is 18.5 Å². The molecule has 34 heavy (non-hydrogen) atoms. The van der Waals surface area contributed by atoms with Crippen LogP contribution in [0, 0.1) is 5.82 Å². The van der Waals surface area contributed by atoms with E-state index in [2.05, 4.69) is 4.98 Å². The zero-order valence-corrected chi connectivity index (χ0v) is 19.8. The molecule has 0 amide bonds. The van der Waals surface area contributed by atoms with Gasteiger partial charge in [0.2, 0.25) is 6.79 Å². The third-order valence-electron chi connectivity index (χ3n) is 5.72. The third kappa shape index (κ3) is 3.50. The molecule has 0 atom stereocenters. The fourth-order valence-electron chi connectivity index (χ4n) is 4.23. The molecule has 1 aliphatic heterocycles. The topological polar surface area (TPSA) is 93.8 Å². The van der Waals surface area contributed by atoms with E-state index in [4.69, 9.17) is 18.5 Å². The Morgan fingerprint density at radius 1 is 1.15 bits per heavy atom. The lowest BCUT2D eigenvalue weighted by Gasteiger charge is -2.18. The van der Waals surface area contributed by atoms with Crippen LogP contribution < -0.4 is 20.5 Å². The largest absolute Gasteiger partial charge is 0.454 e. The van der Waals surface area contributed by atoms with Gasteiger partial charge in [-0.25, -0.2) is 14.2 Å². The van der Waals surface area contributed by atoms with Crippen LogP contribution in [0.15, 0.2) is 41.3 Å². The standard InChI is InChI=1S/C23H23FN3O6P/c1-4-32-34(29,33-5-2)19-9-6-14(10-16(19)24)12-27-21-15-7-8-18-22(31-13-30-18)20(15)25-11-17(21)26(3)23(27)28/h6-11H,4-5,12-13H2,1-3H3. The van der Waals surface area contributed by atoms with Crippen LogP contribution >= 0.6 is 7.60 Å². The number of imidazole rings is 1. The Labute approximate surface area is 194 Å². The number of benzene rings is 2. The van der Waals surface area contributed by atoms with Crippen LogP contribution in [0.5, 0.6) is 11.5 Å². The third-order valence-corrected chi connectivity index (χ3v) is 7.87. The molecule has 0 bridgehead atoms. The Morgan fingerprint density at radius 3 is 2.62 bits per heavy atom. The number of rotatable bonds is 7. The van der Waals surface area contributed by atoms with E-state index in [1.54, 1.807) is 43.8 Å². The van der Waals surface area contributed by atoms with Crippen molar-refractivity contribution in [2.75, 3.05) is 20.0 Å². The van der Waals surface area contributed by atoms with Gasteiger partial charge in [-0.3, -0.25) is 13.7 Å². The summed E-state index contributed by atoms with van der Waals surface area (Å²) in [5.41, 5.74) is 2.10. The molecule has 0 aliphatic carbocycles. The summed E-state index contributed by atoms with van der Waals surface area (Å²) in [5, 5.41) is 0.585. The predicted octanol–water partition coefficient (Wildman–Crippen LogP) is 3.70. The van der Waals surface area contributed by atoms with E-state index in [0.717, 1.165) is 0 Å². The molecule has 0 radical (unpaired) electrons. The van der Waals surface area contributed by atoms with Crippen LogP contribution in [0.2, 0.25) is 0 Å². The molecule has 11 heteroatoms. The Kier molecular flexibility index (Phi) is 5.67. The van der Waals surface area contributed by atoms with Gasteiger partial charge >= 0.3 is 13.3 Å². The second-order valence-electron chi connectivity index (χ2n) is 7.73. The van der Waals surface area contributed by atoms with Crippen molar-refractivity contribution in [3.63, 3.8) is 0 Å². The zero-order chi connectivity index (χ0) is 24.0. The van der Waals surface area contributed by atoms with E-state index in [0.29, 0.717) is 39.0 Å². The molecule has 0 N–H and O–H groups in total. The van der Waals surface area contributed by atoms with Crippen LogP contribution in [0.25, 0.3) is 21.9 Å². The highest BCUT2D eigenvalue weighted by atomic mass is 31.2. The van der Waals surface area contributed by atoms with E-state index in [9.17, 15) is 9.36 Å². The smallest absolute Gasteiger partial charge is 0.364 e.